The highest BCUT2D eigenvalue weighted by Crippen LogP contribution is 2.22. The molecule has 1 heterocycles. The lowest BCUT2D eigenvalue weighted by atomic mass is 9.91. The average Bonchev–Trinajstić information content (AvgIpc) is 2.50. The minimum absolute atomic E-state index is 0. The van der Waals surface area contributed by atoms with E-state index in [0.29, 0.717) is 6.54 Å². The number of rotatable bonds is 5. The number of benzene rings is 1. The molecule has 0 bridgehead atoms. The van der Waals surface area contributed by atoms with Gasteiger partial charge in [0, 0.05) is 13.7 Å². The smallest absolute Gasteiger partial charge is 0.252 e. The van der Waals surface area contributed by atoms with Gasteiger partial charge in [-0.15, -0.1) is 12.4 Å². The van der Waals surface area contributed by atoms with Crippen molar-refractivity contribution in [3.05, 3.63) is 34.9 Å². The summed E-state index contributed by atoms with van der Waals surface area (Å²) < 4.78 is 5.54. The quantitative estimate of drug-likeness (QED) is 0.871. The van der Waals surface area contributed by atoms with Crippen LogP contribution in [0.3, 0.4) is 0 Å². The van der Waals surface area contributed by atoms with Crippen LogP contribution in [0.1, 0.15) is 29.5 Å². The number of ether oxygens (including phenoxy) is 1. The summed E-state index contributed by atoms with van der Waals surface area (Å²) in [5.74, 6) is 0.0257. The van der Waals surface area contributed by atoms with Crippen LogP contribution in [0.25, 0.3) is 0 Å². The van der Waals surface area contributed by atoms with E-state index in [1.54, 1.807) is 7.11 Å². The number of nitrogens with one attached hydrogen (secondary N) is 2. The maximum atomic E-state index is 12.4. The Balaban J connectivity index is 0.00000242. The van der Waals surface area contributed by atoms with Crippen molar-refractivity contribution in [1.29, 1.82) is 0 Å². The summed E-state index contributed by atoms with van der Waals surface area (Å²) in [6.07, 6.45) is 2.33. The number of hydrogen-bond acceptors (Lipinski definition) is 3. The van der Waals surface area contributed by atoms with Gasteiger partial charge < -0.3 is 15.4 Å². The average molecular weight is 327 g/mol. The van der Waals surface area contributed by atoms with Gasteiger partial charge in [-0.1, -0.05) is 18.2 Å². The number of piperidine rings is 1. The molecule has 1 aromatic rings. The molecule has 1 saturated heterocycles. The summed E-state index contributed by atoms with van der Waals surface area (Å²) >= 11 is 0. The molecule has 0 atom stereocenters. The topological polar surface area (TPSA) is 50.4 Å². The second-order valence-electron chi connectivity index (χ2n) is 5.82. The third-order valence-corrected chi connectivity index (χ3v) is 4.52. The molecular weight excluding hydrogens is 300 g/mol. The van der Waals surface area contributed by atoms with Crippen LogP contribution in [0, 0.1) is 13.8 Å². The van der Waals surface area contributed by atoms with Crippen LogP contribution in [0.4, 0.5) is 0 Å². The lowest BCUT2D eigenvalue weighted by molar-refractivity contribution is -0.146. The summed E-state index contributed by atoms with van der Waals surface area (Å²) in [6.45, 7) is 6.56. The summed E-state index contributed by atoms with van der Waals surface area (Å²) in [5.41, 5.74) is 3.25. The van der Waals surface area contributed by atoms with E-state index in [0.717, 1.165) is 32.4 Å². The Labute approximate surface area is 139 Å². The van der Waals surface area contributed by atoms with Crippen LogP contribution in [-0.2, 0) is 16.0 Å². The number of hydrogen-bond donors (Lipinski definition) is 2. The van der Waals surface area contributed by atoms with Gasteiger partial charge in [0.15, 0.2) is 0 Å². The molecule has 0 radical (unpaired) electrons. The summed E-state index contributed by atoms with van der Waals surface area (Å²) in [7, 11) is 1.64. The fourth-order valence-corrected chi connectivity index (χ4v) is 3.06. The minimum atomic E-state index is -0.647. The van der Waals surface area contributed by atoms with Gasteiger partial charge in [0.1, 0.15) is 5.60 Å². The number of methoxy groups -OCH3 is 1. The van der Waals surface area contributed by atoms with E-state index >= 15 is 0 Å². The lowest BCUT2D eigenvalue weighted by Gasteiger charge is -2.34. The summed E-state index contributed by atoms with van der Waals surface area (Å²) in [4.78, 5) is 12.4. The molecule has 0 aromatic heterocycles. The van der Waals surface area contributed by atoms with Crippen molar-refractivity contribution in [3.63, 3.8) is 0 Å². The molecule has 22 heavy (non-hydrogen) atoms. The number of carbonyl (C=O) groups excluding carboxylic acids is 1. The molecule has 0 saturated carbocycles. The van der Waals surface area contributed by atoms with Crippen molar-refractivity contribution >= 4 is 18.3 Å². The van der Waals surface area contributed by atoms with Crippen LogP contribution in [0.15, 0.2) is 18.2 Å². The number of amides is 1. The Morgan fingerprint density at radius 1 is 1.27 bits per heavy atom. The first kappa shape index (κ1) is 18.9. The lowest BCUT2D eigenvalue weighted by Crippen LogP contribution is -2.54. The van der Waals surface area contributed by atoms with E-state index in [4.69, 9.17) is 4.74 Å². The predicted molar refractivity (Wildman–Crippen MR) is 91.7 cm³/mol. The third kappa shape index (κ3) is 4.22. The van der Waals surface area contributed by atoms with Gasteiger partial charge in [-0.3, -0.25) is 4.79 Å². The molecule has 124 valence electrons. The number of halogens is 1. The zero-order valence-corrected chi connectivity index (χ0v) is 14.5. The second kappa shape index (κ2) is 8.51. The Hall–Kier alpha value is -1.10. The van der Waals surface area contributed by atoms with E-state index in [2.05, 4.69) is 42.7 Å². The first-order valence-corrected chi connectivity index (χ1v) is 7.68. The van der Waals surface area contributed by atoms with Crippen LogP contribution in [-0.4, -0.2) is 38.3 Å². The molecule has 1 aromatic carbocycles. The van der Waals surface area contributed by atoms with E-state index < -0.39 is 5.60 Å². The van der Waals surface area contributed by atoms with Crippen LogP contribution < -0.4 is 10.6 Å². The molecule has 2 N–H and O–H groups in total. The molecule has 1 aliphatic heterocycles. The van der Waals surface area contributed by atoms with Crippen LogP contribution >= 0.6 is 12.4 Å². The molecule has 1 aliphatic rings. The molecule has 0 aliphatic carbocycles. The fraction of sp³-hybridized carbons (Fsp3) is 0.588. The van der Waals surface area contributed by atoms with E-state index in [1.807, 2.05) is 0 Å². The predicted octanol–water partition coefficient (Wildman–Crippen LogP) is 2.15. The monoisotopic (exact) mass is 326 g/mol. The molecule has 2 rings (SSSR count). The normalized spacial score (nSPS) is 16.7. The van der Waals surface area contributed by atoms with Crippen molar-refractivity contribution in [2.75, 3.05) is 26.7 Å². The van der Waals surface area contributed by atoms with Crippen molar-refractivity contribution in [1.82, 2.24) is 10.6 Å². The van der Waals surface area contributed by atoms with E-state index in [-0.39, 0.29) is 18.3 Å². The van der Waals surface area contributed by atoms with Crippen LogP contribution in [0.2, 0.25) is 0 Å². The molecule has 0 spiro atoms. The van der Waals surface area contributed by atoms with Crippen molar-refractivity contribution in [3.8, 4) is 0 Å². The third-order valence-electron chi connectivity index (χ3n) is 4.52. The first-order chi connectivity index (χ1) is 10.1. The van der Waals surface area contributed by atoms with Gasteiger partial charge in [0.05, 0.1) is 0 Å². The number of carbonyl (C=O) groups is 1. The maximum absolute atomic E-state index is 12.4. The largest absolute Gasteiger partial charge is 0.368 e. The summed E-state index contributed by atoms with van der Waals surface area (Å²) in [6, 6.07) is 6.31. The SMILES string of the molecule is COC1(C(=O)NCCc2c(C)cccc2C)CCNCC1.Cl. The molecule has 5 heteroatoms. The Morgan fingerprint density at radius 3 is 2.41 bits per heavy atom. The van der Waals surface area contributed by atoms with Gasteiger partial charge in [0.25, 0.3) is 5.91 Å². The fourth-order valence-electron chi connectivity index (χ4n) is 3.06. The van der Waals surface area contributed by atoms with Crippen molar-refractivity contribution in [2.45, 2.75) is 38.7 Å². The Kier molecular flexibility index (Phi) is 7.33. The zero-order valence-electron chi connectivity index (χ0n) is 13.7. The van der Waals surface area contributed by atoms with Gasteiger partial charge in [-0.25, -0.2) is 0 Å². The van der Waals surface area contributed by atoms with Gasteiger partial charge in [0.2, 0.25) is 0 Å². The first-order valence-electron chi connectivity index (χ1n) is 7.68. The highest BCUT2D eigenvalue weighted by atomic mass is 35.5. The molecular formula is C17H27ClN2O2. The Morgan fingerprint density at radius 2 is 1.86 bits per heavy atom. The Bertz CT molecular complexity index is 479. The molecule has 4 nitrogen and oxygen atoms in total. The summed E-state index contributed by atoms with van der Waals surface area (Å²) in [5, 5.41) is 6.32. The molecule has 1 fully saturated rings. The highest BCUT2D eigenvalue weighted by Gasteiger charge is 2.39. The zero-order chi connectivity index (χ0) is 15.3. The number of aryl methyl sites for hydroxylation is 2. The second-order valence-corrected chi connectivity index (χ2v) is 5.82. The standard InChI is InChI=1S/C17H26N2O2.ClH/c1-13-5-4-6-14(2)15(13)7-10-19-16(20)17(21-3)8-11-18-12-9-17;/h4-6,18H,7-12H2,1-3H3,(H,19,20);1H. The molecule has 1 amide bonds. The van der Waals surface area contributed by atoms with Crippen LogP contribution in [0.5, 0.6) is 0 Å². The van der Waals surface area contributed by atoms with Crippen molar-refractivity contribution in [2.24, 2.45) is 0 Å². The van der Waals surface area contributed by atoms with Gasteiger partial charge >= 0.3 is 0 Å². The van der Waals surface area contributed by atoms with Gasteiger partial charge in [-0.2, -0.15) is 0 Å². The van der Waals surface area contributed by atoms with E-state index in [1.165, 1.54) is 16.7 Å². The van der Waals surface area contributed by atoms with Crippen molar-refractivity contribution < 1.29 is 9.53 Å². The highest BCUT2D eigenvalue weighted by molar-refractivity contribution is 5.85. The maximum Gasteiger partial charge on any atom is 0.252 e. The van der Waals surface area contributed by atoms with Gasteiger partial charge in [-0.05, 0) is 62.9 Å². The van der Waals surface area contributed by atoms with E-state index in [9.17, 15) is 4.79 Å². The minimum Gasteiger partial charge on any atom is -0.368 e. The molecule has 0 unspecified atom stereocenters.